The number of amides is 1. The van der Waals surface area contributed by atoms with Crippen LogP contribution in [0.3, 0.4) is 0 Å². The minimum Gasteiger partial charge on any atom is -0.480 e. The van der Waals surface area contributed by atoms with E-state index in [1.54, 1.807) is 4.90 Å². The van der Waals surface area contributed by atoms with Crippen LogP contribution in [0.1, 0.15) is 59.8 Å². The number of aliphatic carboxylic acids is 1. The maximum absolute atomic E-state index is 12.7. The number of hydrogen-bond acceptors (Lipinski definition) is 3. The third-order valence-corrected chi connectivity index (χ3v) is 4.22. The Kier molecular flexibility index (Phi) is 7.15. The van der Waals surface area contributed by atoms with Gasteiger partial charge in [0, 0.05) is 18.1 Å². The first-order chi connectivity index (χ1) is 9.82. The minimum absolute atomic E-state index is 0.0467. The fourth-order valence-corrected chi connectivity index (χ4v) is 3.12. The van der Waals surface area contributed by atoms with Crippen molar-refractivity contribution in [3.8, 4) is 0 Å². The summed E-state index contributed by atoms with van der Waals surface area (Å²) in [5.74, 6) is -0.822. The van der Waals surface area contributed by atoms with Crippen molar-refractivity contribution in [2.45, 2.75) is 77.9 Å². The van der Waals surface area contributed by atoms with E-state index in [0.29, 0.717) is 6.04 Å². The second kappa shape index (κ2) is 8.37. The molecular formula is C16H30N2O3. The van der Waals surface area contributed by atoms with Crippen LogP contribution in [0.25, 0.3) is 0 Å². The molecule has 1 saturated carbocycles. The molecule has 0 saturated heterocycles. The lowest BCUT2D eigenvalue weighted by atomic mass is 9.93. The van der Waals surface area contributed by atoms with Gasteiger partial charge in [0.05, 0.1) is 13.1 Å². The largest absolute Gasteiger partial charge is 0.480 e. The van der Waals surface area contributed by atoms with Crippen molar-refractivity contribution in [3.05, 3.63) is 0 Å². The zero-order valence-corrected chi connectivity index (χ0v) is 13.8. The summed E-state index contributed by atoms with van der Waals surface area (Å²) >= 11 is 0. The third kappa shape index (κ3) is 5.65. The van der Waals surface area contributed by atoms with Crippen LogP contribution in [-0.2, 0) is 9.59 Å². The van der Waals surface area contributed by atoms with E-state index in [4.69, 9.17) is 5.11 Å². The highest BCUT2D eigenvalue weighted by Gasteiger charge is 2.29. The average Bonchev–Trinajstić information content (AvgIpc) is 2.38. The molecule has 0 aromatic carbocycles. The van der Waals surface area contributed by atoms with Gasteiger partial charge in [-0.3, -0.25) is 14.5 Å². The third-order valence-electron chi connectivity index (χ3n) is 4.22. The number of carbonyl (C=O) groups is 2. The summed E-state index contributed by atoms with van der Waals surface area (Å²) in [6, 6.07) is 0.537. The maximum atomic E-state index is 12.7. The number of carboxylic acid groups (broad SMARTS) is 1. The Hall–Kier alpha value is -1.10. The fraction of sp³-hybridized carbons (Fsp3) is 0.875. The van der Waals surface area contributed by atoms with Crippen LogP contribution < -0.4 is 0 Å². The van der Waals surface area contributed by atoms with Crippen LogP contribution in [0.4, 0.5) is 0 Å². The van der Waals surface area contributed by atoms with Crippen molar-refractivity contribution >= 4 is 11.9 Å². The number of carbonyl (C=O) groups excluding carboxylic acids is 1. The standard InChI is InChI=1S/C16H30N2O3/c1-12(2)17(11-16(20)21)10-15(19)18(13(3)4)14-8-6-5-7-9-14/h12-14H,5-11H2,1-4H3,(H,20,21). The SMILES string of the molecule is CC(C)N(CC(=O)O)CC(=O)N(C(C)C)C1CCCCC1. The smallest absolute Gasteiger partial charge is 0.317 e. The predicted octanol–water partition coefficient (Wildman–Crippen LogP) is 2.35. The van der Waals surface area contributed by atoms with Gasteiger partial charge in [-0.15, -0.1) is 0 Å². The molecule has 1 N–H and O–H groups in total. The topological polar surface area (TPSA) is 60.9 Å². The van der Waals surface area contributed by atoms with Gasteiger partial charge in [-0.25, -0.2) is 0 Å². The summed E-state index contributed by atoms with van der Waals surface area (Å²) in [6.07, 6.45) is 5.77. The molecule has 0 radical (unpaired) electrons. The van der Waals surface area contributed by atoms with Crippen molar-refractivity contribution in [2.75, 3.05) is 13.1 Å². The summed E-state index contributed by atoms with van der Waals surface area (Å²) in [5, 5.41) is 8.98. The Balaban J connectivity index is 2.72. The van der Waals surface area contributed by atoms with E-state index in [0.717, 1.165) is 12.8 Å². The highest BCUT2D eigenvalue weighted by molar-refractivity contribution is 5.80. The van der Waals surface area contributed by atoms with Crippen LogP contribution in [0.5, 0.6) is 0 Å². The molecule has 0 unspecified atom stereocenters. The fourth-order valence-electron chi connectivity index (χ4n) is 3.12. The number of carboxylic acids is 1. The molecule has 0 spiro atoms. The molecule has 0 aromatic rings. The maximum Gasteiger partial charge on any atom is 0.317 e. The monoisotopic (exact) mass is 298 g/mol. The molecule has 5 nitrogen and oxygen atoms in total. The molecule has 1 aliphatic carbocycles. The Morgan fingerprint density at radius 1 is 1.00 bits per heavy atom. The van der Waals surface area contributed by atoms with Gasteiger partial charge in [0.2, 0.25) is 5.91 Å². The summed E-state index contributed by atoms with van der Waals surface area (Å²) in [4.78, 5) is 27.3. The normalized spacial score (nSPS) is 16.7. The van der Waals surface area contributed by atoms with Gasteiger partial charge in [0.1, 0.15) is 0 Å². The highest BCUT2D eigenvalue weighted by Crippen LogP contribution is 2.24. The lowest BCUT2D eigenvalue weighted by molar-refractivity contribution is -0.142. The molecule has 0 heterocycles. The molecule has 0 atom stereocenters. The molecule has 1 fully saturated rings. The number of nitrogens with zero attached hydrogens (tertiary/aromatic N) is 2. The first-order valence-electron chi connectivity index (χ1n) is 8.10. The van der Waals surface area contributed by atoms with Crippen LogP contribution in [0.2, 0.25) is 0 Å². The van der Waals surface area contributed by atoms with E-state index < -0.39 is 5.97 Å². The van der Waals surface area contributed by atoms with Gasteiger partial charge in [0.25, 0.3) is 0 Å². The lowest BCUT2D eigenvalue weighted by Gasteiger charge is -2.39. The zero-order valence-electron chi connectivity index (χ0n) is 13.8. The molecule has 0 bridgehead atoms. The molecule has 21 heavy (non-hydrogen) atoms. The Morgan fingerprint density at radius 2 is 1.57 bits per heavy atom. The summed E-state index contributed by atoms with van der Waals surface area (Å²) < 4.78 is 0. The van der Waals surface area contributed by atoms with Crippen molar-refractivity contribution in [2.24, 2.45) is 0 Å². The Bertz CT molecular complexity index is 349. The molecule has 5 heteroatoms. The van der Waals surface area contributed by atoms with E-state index in [-0.39, 0.29) is 31.1 Å². The van der Waals surface area contributed by atoms with E-state index in [2.05, 4.69) is 0 Å². The summed E-state index contributed by atoms with van der Waals surface area (Å²) in [6.45, 7) is 8.05. The van der Waals surface area contributed by atoms with E-state index in [1.165, 1.54) is 19.3 Å². The Labute approximate surface area is 128 Å². The van der Waals surface area contributed by atoms with E-state index in [1.807, 2.05) is 32.6 Å². The zero-order chi connectivity index (χ0) is 16.0. The van der Waals surface area contributed by atoms with Gasteiger partial charge < -0.3 is 10.0 Å². The molecule has 0 aromatic heterocycles. The van der Waals surface area contributed by atoms with Crippen molar-refractivity contribution in [3.63, 3.8) is 0 Å². The van der Waals surface area contributed by atoms with Gasteiger partial charge in [-0.1, -0.05) is 19.3 Å². The second-order valence-corrected chi connectivity index (χ2v) is 6.58. The van der Waals surface area contributed by atoms with Crippen molar-refractivity contribution in [1.82, 2.24) is 9.80 Å². The summed E-state index contributed by atoms with van der Waals surface area (Å²) in [7, 11) is 0. The van der Waals surface area contributed by atoms with Gasteiger partial charge in [-0.2, -0.15) is 0 Å². The van der Waals surface area contributed by atoms with Crippen LogP contribution in [0.15, 0.2) is 0 Å². The Morgan fingerprint density at radius 3 is 2.00 bits per heavy atom. The molecule has 122 valence electrons. The van der Waals surface area contributed by atoms with E-state index in [9.17, 15) is 9.59 Å². The first-order valence-corrected chi connectivity index (χ1v) is 8.10. The van der Waals surface area contributed by atoms with E-state index >= 15 is 0 Å². The number of rotatable bonds is 7. The lowest BCUT2D eigenvalue weighted by Crippen LogP contribution is -2.51. The predicted molar refractivity (Wildman–Crippen MR) is 83.2 cm³/mol. The molecule has 0 aliphatic heterocycles. The van der Waals surface area contributed by atoms with Crippen molar-refractivity contribution in [1.29, 1.82) is 0 Å². The van der Waals surface area contributed by atoms with Crippen molar-refractivity contribution < 1.29 is 14.7 Å². The van der Waals surface area contributed by atoms with Crippen LogP contribution >= 0.6 is 0 Å². The van der Waals surface area contributed by atoms with Gasteiger partial charge in [-0.05, 0) is 40.5 Å². The summed E-state index contributed by atoms with van der Waals surface area (Å²) in [5.41, 5.74) is 0. The number of hydrogen-bond donors (Lipinski definition) is 1. The highest BCUT2D eigenvalue weighted by atomic mass is 16.4. The second-order valence-electron chi connectivity index (χ2n) is 6.58. The average molecular weight is 298 g/mol. The molecule has 1 rings (SSSR count). The quantitative estimate of drug-likeness (QED) is 0.784. The van der Waals surface area contributed by atoms with Gasteiger partial charge >= 0.3 is 5.97 Å². The first kappa shape index (κ1) is 18.0. The molecule has 1 amide bonds. The van der Waals surface area contributed by atoms with Gasteiger partial charge in [0.15, 0.2) is 0 Å². The molecule has 1 aliphatic rings. The minimum atomic E-state index is -0.884. The van der Waals surface area contributed by atoms with Crippen LogP contribution in [0, 0.1) is 0 Å². The van der Waals surface area contributed by atoms with Crippen LogP contribution in [-0.4, -0.2) is 58.0 Å². The molecular weight excluding hydrogens is 268 g/mol.